The lowest BCUT2D eigenvalue weighted by atomic mass is 9.89. The molecule has 1 aliphatic rings. The molecule has 0 bridgehead atoms. The maximum atomic E-state index is 11.4. The first-order chi connectivity index (χ1) is 20.5. The molecule has 3 heteroatoms. The number of allylic oxidation sites excluding steroid dienone is 2. The standard InChI is InChI=1S/C39H30O2Si/c1-29(40)41-35-25-23-30(24-26-35)27-28-42(2)38(33-19-11-5-12-20-33)36(31-15-7-3-8-16-31)37(32-17-9-4-10-18-32)39(42)34-21-13-6-14-22-34/h3-26H,1-2H3. The molecule has 0 aromatic heterocycles. The van der Waals surface area contributed by atoms with Gasteiger partial charge in [0, 0.05) is 12.5 Å². The molecular weight excluding hydrogens is 529 g/mol. The minimum absolute atomic E-state index is 0.336. The van der Waals surface area contributed by atoms with Crippen LogP contribution in [0.25, 0.3) is 21.5 Å². The Hall–Kier alpha value is -5.17. The van der Waals surface area contributed by atoms with E-state index in [2.05, 4.69) is 139 Å². The summed E-state index contributed by atoms with van der Waals surface area (Å²) in [5.74, 6) is 3.74. The lowest BCUT2D eigenvalue weighted by Gasteiger charge is -2.25. The predicted octanol–water partition coefficient (Wildman–Crippen LogP) is 8.90. The Balaban J connectivity index is 1.68. The van der Waals surface area contributed by atoms with Gasteiger partial charge in [-0.15, -0.1) is 5.54 Å². The van der Waals surface area contributed by atoms with Gasteiger partial charge >= 0.3 is 5.97 Å². The molecule has 5 aromatic carbocycles. The zero-order valence-electron chi connectivity index (χ0n) is 23.7. The van der Waals surface area contributed by atoms with Gasteiger partial charge in [-0.05, 0) is 68.1 Å². The van der Waals surface area contributed by atoms with Crippen LogP contribution in [0.1, 0.15) is 34.7 Å². The van der Waals surface area contributed by atoms with Crippen LogP contribution in [0.4, 0.5) is 0 Å². The van der Waals surface area contributed by atoms with E-state index < -0.39 is 8.07 Å². The first-order valence-corrected chi connectivity index (χ1v) is 16.6. The van der Waals surface area contributed by atoms with E-state index in [-0.39, 0.29) is 5.97 Å². The number of carbonyl (C=O) groups excluding carboxylic acids is 1. The first-order valence-electron chi connectivity index (χ1n) is 14.1. The summed E-state index contributed by atoms with van der Waals surface area (Å²) < 4.78 is 5.25. The van der Waals surface area contributed by atoms with Gasteiger partial charge in [-0.25, -0.2) is 0 Å². The first kappa shape index (κ1) is 27.0. The molecule has 202 valence electrons. The maximum Gasteiger partial charge on any atom is 0.308 e. The third kappa shape index (κ3) is 5.29. The van der Waals surface area contributed by atoms with Crippen LogP contribution < -0.4 is 4.74 Å². The Labute approximate surface area is 248 Å². The zero-order chi connectivity index (χ0) is 28.9. The largest absolute Gasteiger partial charge is 0.427 e. The Morgan fingerprint density at radius 1 is 0.548 bits per heavy atom. The Kier molecular flexibility index (Phi) is 7.56. The van der Waals surface area contributed by atoms with Gasteiger partial charge in [0.2, 0.25) is 0 Å². The van der Waals surface area contributed by atoms with Crippen LogP contribution in [0.15, 0.2) is 146 Å². The van der Waals surface area contributed by atoms with E-state index in [4.69, 9.17) is 4.74 Å². The van der Waals surface area contributed by atoms with Gasteiger partial charge in [-0.3, -0.25) is 4.79 Å². The number of hydrogen-bond acceptors (Lipinski definition) is 2. The summed E-state index contributed by atoms with van der Waals surface area (Å²) in [5, 5.41) is 2.63. The molecule has 2 nitrogen and oxygen atoms in total. The highest BCUT2D eigenvalue weighted by Gasteiger charge is 2.46. The van der Waals surface area contributed by atoms with Gasteiger partial charge in [0.25, 0.3) is 0 Å². The lowest BCUT2D eigenvalue weighted by Crippen LogP contribution is -2.31. The molecule has 0 amide bonds. The molecule has 0 unspecified atom stereocenters. The molecule has 0 spiro atoms. The highest BCUT2D eigenvalue weighted by atomic mass is 28.3. The molecule has 1 aliphatic heterocycles. The summed E-state index contributed by atoms with van der Waals surface area (Å²) in [6.07, 6.45) is 0. The van der Waals surface area contributed by atoms with Crippen LogP contribution in [-0.2, 0) is 4.79 Å². The van der Waals surface area contributed by atoms with Gasteiger partial charge in [-0.1, -0.05) is 134 Å². The topological polar surface area (TPSA) is 26.3 Å². The summed E-state index contributed by atoms with van der Waals surface area (Å²) in [4.78, 5) is 11.4. The van der Waals surface area contributed by atoms with E-state index >= 15 is 0 Å². The zero-order valence-corrected chi connectivity index (χ0v) is 24.7. The maximum absolute atomic E-state index is 11.4. The lowest BCUT2D eigenvalue weighted by molar-refractivity contribution is -0.131. The van der Waals surface area contributed by atoms with Crippen molar-refractivity contribution in [1.29, 1.82) is 0 Å². The van der Waals surface area contributed by atoms with Crippen molar-refractivity contribution in [1.82, 2.24) is 0 Å². The van der Waals surface area contributed by atoms with Crippen LogP contribution in [0.2, 0.25) is 6.55 Å². The number of rotatable bonds is 5. The fourth-order valence-electron chi connectivity index (χ4n) is 5.83. The highest BCUT2D eigenvalue weighted by molar-refractivity contribution is 7.18. The molecule has 0 N–H and O–H groups in total. The number of ether oxygens (including phenoxy) is 1. The molecule has 0 saturated carbocycles. The van der Waals surface area contributed by atoms with Crippen molar-refractivity contribution in [2.24, 2.45) is 0 Å². The minimum Gasteiger partial charge on any atom is -0.427 e. The molecule has 42 heavy (non-hydrogen) atoms. The van der Waals surface area contributed by atoms with E-state index in [1.54, 1.807) is 12.1 Å². The summed E-state index contributed by atoms with van der Waals surface area (Å²) in [6, 6.07) is 50.4. The van der Waals surface area contributed by atoms with Crippen molar-refractivity contribution >= 4 is 35.6 Å². The van der Waals surface area contributed by atoms with E-state index in [1.807, 2.05) is 12.1 Å². The van der Waals surface area contributed by atoms with Crippen molar-refractivity contribution in [3.8, 4) is 17.2 Å². The third-order valence-corrected chi connectivity index (χ3v) is 11.3. The van der Waals surface area contributed by atoms with Crippen LogP contribution in [0, 0.1) is 11.5 Å². The molecule has 1 heterocycles. The van der Waals surface area contributed by atoms with Crippen molar-refractivity contribution in [3.05, 3.63) is 173 Å². The fraction of sp³-hybridized carbons (Fsp3) is 0.0513. The summed E-state index contributed by atoms with van der Waals surface area (Å²) in [5.41, 5.74) is 12.1. The SMILES string of the molecule is CC(=O)Oc1ccc(C#C[Si]2(C)C(c3ccccc3)=C(c3ccccc3)C(c3ccccc3)=C2c2ccccc2)cc1. The normalized spacial score (nSPS) is 13.9. The van der Waals surface area contributed by atoms with Crippen molar-refractivity contribution in [3.63, 3.8) is 0 Å². The number of esters is 1. The second-order valence-corrected chi connectivity index (χ2v) is 14.0. The molecule has 0 aliphatic carbocycles. The number of hydrogen-bond donors (Lipinski definition) is 0. The van der Waals surface area contributed by atoms with Crippen molar-refractivity contribution in [2.45, 2.75) is 13.5 Å². The summed E-state index contributed by atoms with van der Waals surface area (Å²) >= 11 is 0. The summed E-state index contributed by atoms with van der Waals surface area (Å²) in [6.45, 7) is 3.79. The number of carbonyl (C=O) groups is 1. The number of benzene rings is 5. The van der Waals surface area contributed by atoms with Gasteiger partial charge in [0.15, 0.2) is 8.07 Å². The van der Waals surface area contributed by atoms with Gasteiger partial charge < -0.3 is 4.74 Å². The van der Waals surface area contributed by atoms with Gasteiger partial charge in [-0.2, -0.15) is 0 Å². The average molecular weight is 559 g/mol. The Morgan fingerprint density at radius 3 is 1.31 bits per heavy atom. The second kappa shape index (κ2) is 11.7. The van der Waals surface area contributed by atoms with Crippen LogP contribution in [0.5, 0.6) is 5.75 Å². The van der Waals surface area contributed by atoms with E-state index in [0.29, 0.717) is 5.75 Å². The van der Waals surface area contributed by atoms with Crippen LogP contribution in [-0.4, -0.2) is 14.0 Å². The predicted molar refractivity (Wildman–Crippen MR) is 176 cm³/mol. The second-order valence-electron chi connectivity index (χ2n) is 10.5. The molecular formula is C39H30O2Si. The quantitative estimate of drug-likeness (QED) is 0.0932. The van der Waals surface area contributed by atoms with E-state index in [1.165, 1.54) is 50.7 Å². The van der Waals surface area contributed by atoms with Gasteiger partial charge in [0.1, 0.15) is 5.75 Å². The van der Waals surface area contributed by atoms with Crippen molar-refractivity contribution in [2.75, 3.05) is 0 Å². The molecule has 6 rings (SSSR count). The molecule has 5 aromatic rings. The fourth-order valence-corrected chi connectivity index (χ4v) is 9.75. The average Bonchev–Trinajstić information content (AvgIpc) is 3.31. The minimum atomic E-state index is -2.73. The molecule has 0 saturated heterocycles. The third-order valence-electron chi connectivity index (χ3n) is 7.57. The Morgan fingerprint density at radius 2 is 0.929 bits per heavy atom. The molecule has 0 radical (unpaired) electrons. The monoisotopic (exact) mass is 558 g/mol. The van der Waals surface area contributed by atoms with E-state index in [9.17, 15) is 4.79 Å². The van der Waals surface area contributed by atoms with Crippen LogP contribution in [0.3, 0.4) is 0 Å². The summed E-state index contributed by atoms with van der Waals surface area (Å²) in [7, 11) is -2.73. The van der Waals surface area contributed by atoms with E-state index in [0.717, 1.165) is 5.56 Å². The highest BCUT2D eigenvalue weighted by Crippen LogP contribution is 2.55. The van der Waals surface area contributed by atoms with Crippen molar-refractivity contribution < 1.29 is 9.53 Å². The smallest absolute Gasteiger partial charge is 0.308 e. The molecule has 0 fully saturated rings. The Bertz CT molecular complexity index is 1740. The molecule has 0 atom stereocenters. The van der Waals surface area contributed by atoms with Crippen LogP contribution >= 0.6 is 0 Å². The van der Waals surface area contributed by atoms with Gasteiger partial charge in [0.05, 0.1) is 0 Å².